The van der Waals surface area contributed by atoms with Crippen LogP contribution in [0.1, 0.15) is 39.3 Å². The van der Waals surface area contributed by atoms with E-state index in [1.165, 1.54) is 0 Å². The summed E-state index contributed by atoms with van der Waals surface area (Å²) in [4.78, 5) is 11.4. The SMILES string of the molecule is CC1C(NCc2ccnn2C)CCC(C(=O)O)C1(C)C. The summed E-state index contributed by atoms with van der Waals surface area (Å²) in [6.07, 6.45) is 3.46. The number of nitrogens with one attached hydrogen (secondary N) is 1. The Labute approximate surface area is 120 Å². The summed E-state index contributed by atoms with van der Waals surface area (Å²) in [7, 11) is 1.94. The Morgan fingerprint density at radius 2 is 2.25 bits per heavy atom. The van der Waals surface area contributed by atoms with Crippen LogP contribution < -0.4 is 5.32 Å². The fraction of sp³-hybridized carbons (Fsp3) is 0.733. The molecule has 0 bridgehead atoms. The second-order valence-corrected chi connectivity index (χ2v) is 6.51. The van der Waals surface area contributed by atoms with Crippen LogP contribution in [0.4, 0.5) is 0 Å². The van der Waals surface area contributed by atoms with Gasteiger partial charge >= 0.3 is 5.97 Å². The predicted octanol–water partition coefficient (Wildman–Crippen LogP) is 2.04. The van der Waals surface area contributed by atoms with Crippen molar-refractivity contribution in [2.45, 2.75) is 46.2 Å². The second kappa shape index (κ2) is 5.56. The van der Waals surface area contributed by atoms with E-state index in [0.29, 0.717) is 12.0 Å². The van der Waals surface area contributed by atoms with Crippen LogP contribution in [-0.4, -0.2) is 26.9 Å². The van der Waals surface area contributed by atoms with Gasteiger partial charge in [-0.05, 0) is 30.2 Å². The van der Waals surface area contributed by atoms with E-state index < -0.39 is 5.97 Å². The van der Waals surface area contributed by atoms with Gasteiger partial charge in [0, 0.05) is 25.8 Å². The van der Waals surface area contributed by atoms with Crippen LogP contribution in [0.3, 0.4) is 0 Å². The smallest absolute Gasteiger partial charge is 0.307 e. The molecule has 0 aliphatic heterocycles. The van der Waals surface area contributed by atoms with Gasteiger partial charge in [0.1, 0.15) is 0 Å². The summed E-state index contributed by atoms with van der Waals surface area (Å²) >= 11 is 0. The first-order valence-corrected chi connectivity index (χ1v) is 7.27. The molecular formula is C15H25N3O2. The number of hydrogen-bond acceptors (Lipinski definition) is 3. The van der Waals surface area contributed by atoms with Crippen molar-refractivity contribution >= 4 is 5.97 Å². The van der Waals surface area contributed by atoms with E-state index in [-0.39, 0.29) is 11.3 Å². The number of hydrogen-bond donors (Lipinski definition) is 2. The first-order chi connectivity index (χ1) is 9.34. The maximum atomic E-state index is 11.4. The fourth-order valence-electron chi connectivity index (χ4n) is 3.34. The van der Waals surface area contributed by atoms with E-state index in [1.54, 1.807) is 6.20 Å². The first kappa shape index (κ1) is 15.0. The van der Waals surface area contributed by atoms with E-state index in [2.05, 4.69) is 31.2 Å². The summed E-state index contributed by atoms with van der Waals surface area (Å²) in [5.41, 5.74) is 0.962. The summed E-state index contributed by atoms with van der Waals surface area (Å²) in [6, 6.07) is 2.36. The zero-order valence-electron chi connectivity index (χ0n) is 12.8. The molecule has 0 spiro atoms. The highest BCUT2D eigenvalue weighted by Gasteiger charge is 2.45. The van der Waals surface area contributed by atoms with Gasteiger partial charge in [0.05, 0.1) is 11.6 Å². The van der Waals surface area contributed by atoms with Crippen LogP contribution in [0.2, 0.25) is 0 Å². The number of aliphatic carboxylic acids is 1. The quantitative estimate of drug-likeness (QED) is 0.885. The monoisotopic (exact) mass is 279 g/mol. The maximum Gasteiger partial charge on any atom is 0.307 e. The van der Waals surface area contributed by atoms with Crippen molar-refractivity contribution in [1.29, 1.82) is 0 Å². The Bertz CT molecular complexity index is 481. The second-order valence-electron chi connectivity index (χ2n) is 6.51. The third-order valence-electron chi connectivity index (χ3n) is 5.21. The van der Waals surface area contributed by atoms with Crippen LogP contribution in [0.5, 0.6) is 0 Å². The standard InChI is InChI=1S/C15H25N3O2/c1-10-13(16-9-11-7-8-17-18(11)4)6-5-12(14(19)20)15(10,2)3/h7-8,10,12-13,16H,5-6,9H2,1-4H3,(H,19,20). The van der Waals surface area contributed by atoms with Crippen molar-refractivity contribution in [3.05, 3.63) is 18.0 Å². The molecule has 0 aromatic carbocycles. The lowest BCUT2D eigenvalue weighted by Crippen LogP contribution is -2.50. The van der Waals surface area contributed by atoms with Gasteiger partial charge in [0.25, 0.3) is 0 Å². The summed E-state index contributed by atoms with van der Waals surface area (Å²) in [5, 5.41) is 17.1. The number of rotatable bonds is 4. The highest BCUT2D eigenvalue weighted by Crippen LogP contribution is 2.45. The molecule has 5 nitrogen and oxygen atoms in total. The third-order valence-corrected chi connectivity index (χ3v) is 5.21. The third kappa shape index (κ3) is 2.73. The lowest BCUT2D eigenvalue weighted by molar-refractivity contribution is -0.150. The van der Waals surface area contributed by atoms with Gasteiger partial charge in [-0.3, -0.25) is 9.48 Å². The number of carboxylic acids is 1. The normalized spacial score (nSPS) is 29.3. The largest absolute Gasteiger partial charge is 0.481 e. The molecule has 0 radical (unpaired) electrons. The molecular weight excluding hydrogens is 254 g/mol. The van der Waals surface area contributed by atoms with Crippen molar-refractivity contribution in [2.75, 3.05) is 0 Å². The zero-order valence-corrected chi connectivity index (χ0v) is 12.8. The van der Waals surface area contributed by atoms with E-state index in [1.807, 2.05) is 17.8 Å². The highest BCUT2D eigenvalue weighted by atomic mass is 16.4. The molecule has 1 heterocycles. The molecule has 1 saturated carbocycles. The van der Waals surface area contributed by atoms with Crippen LogP contribution >= 0.6 is 0 Å². The number of aryl methyl sites for hydroxylation is 1. The fourth-order valence-corrected chi connectivity index (χ4v) is 3.34. The highest BCUT2D eigenvalue weighted by molar-refractivity contribution is 5.71. The molecule has 2 rings (SSSR count). The van der Waals surface area contributed by atoms with Crippen LogP contribution in [0.25, 0.3) is 0 Å². The van der Waals surface area contributed by atoms with Crippen molar-refractivity contribution in [3.8, 4) is 0 Å². The van der Waals surface area contributed by atoms with Gasteiger partial charge in [0.15, 0.2) is 0 Å². The Kier molecular flexibility index (Phi) is 4.18. The summed E-state index contributed by atoms with van der Waals surface area (Å²) in [6.45, 7) is 7.10. The molecule has 1 fully saturated rings. The molecule has 2 N–H and O–H groups in total. The Morgan fingerprint density at radius 1 is 1.55 bits per heavy atom. The molecule has 0 amide bonds. The van der Waals surface area contributed by atoms with Gasteiger partial charge in [-0.15, -0.1) is 0 Å². The molecule has 1 aliphatic carbocycles. The van der Waals surface area contributed by atoms with Crippen molar-refractivity contribution in [1.82, 2.24) is 15.1 Å². The minimum Gasteiger partial charge on any atom is -0.481 e. The van der Waals surface area contributed by atoms with Crippen molar-refractivity contribution < 1.29 is 9.90 Å². The molecule has 1 aromatic heterocycles. The van der Waals surface area contributed by atoms with Gasteiger partial charge in [-0.1, -0.05) is 20.8 Å². The Morgan fingerprint density at radius 3 is 2.80 bits per heavy atom. The molecule has 20 heavy (non-hydrogen) atoms. The zero-order chi connectivity index (χ0) is 14.9. The minimum atomic E-state index is -0.660. The molecule has 112 valence electrons. The molecule has 1 aliphatic rings. The molecule has 3 unspecified atom stereocenters. The molecule has 5 heteroatoms. The number of carbonyl (C=O) groups is 1. The van der Waals surface area contributed by atoms with E-state index in [9.17, 15) is 9.90 Å². The molecule has 3 atom stereocenters. The predicted molar refractivity (Wildman–Crippen MR) is 77.1 cm³/mol. The number of aromatic nitrogens is 2. The van der Waals surface area contributed by atoms with Gasteiger partial charge < -0.3 is 10.4 Å². The summed E-state index contributed by atoms with van der Waals surface area (Å²) in [5.74, 6) is -0.579. The maximum absolute atomic E-state index is 11.4. The van der Waals surface area contributed by atoms with Crippen molar-refractivity contribution in [2.24, 2.45) is 24.3 Å². The van der Waals surface area contributed by atoms with E-state index in [4.69, 9.17) is 0 Å². The Hall–Kier alpha value is -1.36. The summed E-state index contributed by atoms with van der Waals surface area (Å²) < 4.78 is 1.87. The van der Waals surface area contributed by atoms with Gasteiger partial charge in [0.2, 0.25) is 0 Å². The lowest BCUT2D eigenvalue weighted by Gasteiger charge is -2.46. The van der Waals surface area contributed by atoms with Gasteiger partial charge in [-0.25, -0.2) is 0 Å². The van der Waals surface area contributed by atoms with Crippen molar-refractivity contribution in [3.63, 3.8) is 0 Å². The topological polar surface area (TPSA) is 67.2 Å². The van der Waals surface area contributed by atoms with Crippen LogP contribution in [0, 0.1) is 17.3 Å². The first-order valence-electron chi connectivity index (χ1n) is 7.27. The molecule has 1 aromatic rings. The molecule has 0 saturated heterocycles. The number of carboxylic acid groups (broad SMARTS) is 1. The van der Waals surface area contributed by atoms with E-state index in [0.717, 1.165) is 25.1 Å². The average molecular weight is 279 g/mol. The average Bonchev–Trinajstić information content (AvgIpc) is 2.76. The van der Waals surface area contributed by atoms with Crippen LogP contribution in [0.15, 0.2) is 12.3 Å². The van der Waals surface area contributed by atoms with Gasteiger partial charge in [-0.2, -0.15) is 5.10 Å². The van der Waals surface area contributed by atoms with Crippen LogP contribution in [-0.2, 0) is 18.4 Å². The number of nitrogens with zero attached hydrogens (tertiary/aromatic N) is 2. The van der Waals surface area contributed by atoms with E-state index >= 15 is 0 Å². The lowest BCUT2D eigenvalue weighted by atomic mass is 9.61. The minimum absolute atomic E-state index is 0.186. The Balaban J connectivity index is 2.01.